The van der Waals surface area contributed by atoms with Crippen molar-refractivity contribution in [1.29, 1.82) is 0 Å². The third-order valence-corrected chi connectivity index (χ3v) is 4.56. The molecule has 1 aliphatic rings. The highest BCUT2D eigenvalue weighted by molar-refractivity contribution is 5.78. The normalized spacial score (nSPS) is 19.2. The molecule has 2 heteroatoms. The zero-order valence-electron chi connectivity index (χ0n) is 13.9. The molecule has 0 radical (unpaired) electrons. The summed E-state index contributed by atoms with van der Waals surface area (Å²) in [6.45, 7) is 4.29. The Kier molecular flexibility index (Phi) is 7.94. The third kappa shape index (κ3) is 6.11. The number of nitrogens with zero attached hydrogens (tertiary/aromatic N) is 1. The molecular formula is C18H33NO. The van der Waals surface area contributed by atoms with Crippen molar-refractivity contribution in [2.24, 2.45) is 17.8 Å². The van der Waals surface area contributed by atoms with E-state index in [2.05, 4.69) is 26.0 Å². The number of hydrogen-bond donors (Lipinski definition) is 0. The molecule has 0 aliphatic heterocycles. The molecule has 1 atom stereocenters. The molecule has 1 rings (SSSR count). The van der Waals surface area contributed by atoms with Gasteiger partial charge in [-0.2, -0.15) is 0 Å². The first kappa shape index (κ1) is 17.3. The Bertz CT molecular complexity index is 299. The van der Waals surface area contributed by atoms with Crippen molar-refractivity contribution in [3.8, 4) is 0 Å². The van der Waals surface area contributed by atoms with E-state index in [0.29, 0.717) is 5.92 Å². The minimum Gasteiger partial charge on any atom is -0.349 e. The van der Waals surface area contributed by atoms with E-state index in [9.17, 15) is 4.79 Å². The van der Waals surface area contributed by atoms with Gasteiger partial charge in [-0.05, 0) is 24.7 Å². The van der Waals surface area contributed by atoms with E-state index in [0.717, 1.165) is 12.3 Å². The van der Waals surface area contributed by atoms with Gasteiger partial charge in [0, 0.05) is 20.0 Å². The van der Waals surface area contributed by atoms with Gasteiger partial charge < -0.3 is 4.90 Å². The number of rotatable bonds is 6. The lowest BCUT2D eigenvalue weighted by atomic mass is 9.90. The molecule has 0 aromatic carbocycles. The van der Waals surface area contributed by atoms with Crippen LogP contribution in [-0.2, 0) is 4.79 Å². The molecule has 2 nitrogen and oxygen atoms in total. The van der Waals surface area contributed by atoms with Gasteiger partial charge in [-0.3, -0.25) is 4.79 Å². The van der Waals surface area contributed by atoms with E-state index < -0.39 is 0 Å². The summed E-state index contributed by atoms with van der Waals surface area (Å²) in [4.78, 5) is 13.8. The molecule has 0 bridgehead atoms. The Morgan fingerprint density at radius 1 is 1.10 bits per heavy atom. The van der Waals surface area contributed by atoms with Gasteiger partial charge in [-0.25, -0.2) is 0 Å². The Morgan fingerprint density at radius 2 is 1.70 bits per heavy atom. The van der Waals surface area contributed by atoms with Gasteiger partial charge in [0.05, 0.1) is 0 Å². The summed E-state index contributed by atoms with van der Waals surface area (Å²) >= 11 is 0. The smallest absolute Gasteiger partial charge is 0.225 e. The summed E-state index contributed by atoms with van der Waals surface area (Å²) in [5.41, 5.74) is 0. The minimum atomic E-state index is 0.135. The molecule has 0 aromatic heterocycles. The van der Waals surface area contributed by atoms with Gasteiger partial charge in [0.1, 0.15) is 0 Å². The predicted octanol–water partition coefficient (Wildman–Crippen LogP) is 4.65. The maximum atomic E-state index is 12.1. The second-order valence-corrected chi connectivity index (χ2v) is 6.88. The van der Waals surface area contributed by atoms with Crippen LogP contribution in [0.5, 0.6) is 0 Å². The summed E-state index contributed by atoms with van der Waals surface area (Å²) in [6, 6.07) is 0. The van der Waals surface area contributed by atoms with E-state index >= 15 is 0 Å². The summed E-state index contributed by atoms with van der Waals surface area (Å²) in [7, 11) is 3.71. The molecule has 0 heterocycles. The van der Waals surface area contributed by atoms with E-state index in [1.807, 2.05) is 14.1 Å². The van der Waals surface area contributed by atoms with Gasteiger partial charge in [-0.1, -0.05) is 64.5 Å². The maximum absolute atomic E-state index is 12.1. The molecule has 0 spiro atoms. The van der Waals surface area contributed by atoms with Crippen molar-refractivity contribution in [2.45, 2.75) is 65.2 Å². The van der Waals surface area contributed by atoms with Crippen LogP contribution in [0.4, 0.5) is 0 Å². The molecule has 1 unspecified atom stereocenters. The van der Waals surface area contributed by atoms with Gasteiger partial charge >= 0.3 is 0 Å². The molecule has 1 aliphatic carbocycles. The van der Waals surface area contributed by atoms with Crippen molar-refractivity contribution in [3.05, 3.63) is 12.2 Å². The molecule has 0 N–H and O–H groups in total. The molecule has 0 aromatic rings. The van der Waals surface area contributed by atoms with Crippen LogP contribution in [0.2, 0.25) is 0 Å². The zero-order chi connectivity index (χ0) is 15.0. The predicted molar refractivity (Wildman–Crippen MR) is 86.6 cm³/mol. The summed E-state index contributed by atoms with van der Waals surface area (Å²) in [5.74, 6) is 1.69. The van der Waals surface area contributed by atoms with Crippen LogP contribution in [0.3, 0.4) is 0 Å². The van der Waals surface area contributed by atoms with Crippen molar-refractivity contribution in [1.82, 2.24) is 4.90 Å². The maximum Gasteiger partial charge on any atom is 0.225 e. The van der Waals surface area contributed by atoms with Crippen molar-refractivity contribution >= 4 is 5.91 Å². The Morgan fingerprint density at radius 3 is 2.20 bits per heavy atom. The first-order chi connectivity index (χ1) is 9.52. The van der Waals surface area contributed by atoms with Crippen LogP contribution in [0, 0.1) is 17.8 Å². The molecule has 116 valence electrons. The van der Waals surface area contributed by atoms with Crippen molar-refractivity contribution < 1.29 is 4.79 Å². The fourth-order valence-electron chi connectivity index (χ4n) is 3.12. The lowest BCUT2D eigenvalue weighted by Crippen LogP contribution is -2.32. The highest BCUT2D eigenvalue weighted by Crippen LogP contribution is 2.26. The number of carbonyl (C=O) groups is 1. The van der Waals surface area contributed by atoms with Crippen LogP contribution in [0.25, 0.3) is 0 Å². The van der Waals surface area contributed by atoms with Gasteiger partial charge in [0.2, 0.25) is 5.91 Å². The monoisotopic (exact) mass is 279 g/mol. The summed E-state index contributed by atoms with van der Waals surface area (Å²) in [5, 5.41) is 0. The Labute approximate surface area is 125 Å². The molecule has 1 fully saturated rings. The largest absolute Gasteiger partial charge is 0.349 e. The quantitative estimate of drug-likeness (QED) is 0.512. The van der Waals surface area contributed by atoms with Gasteiger partial charge in [0.15, 0.2) is 0 Å². The van der Waals surface area contributed by atoms with E-state index in [1.54, 1.807) is 4.90 Å². The number of hydrogen-bond acceptors (Lipinski definition) is 1. The van der Waals surface area contributed by atoms with Gasteiger partial charge in [0.25, 0.3) is 0 Å². The second-order valence-electron chi connectivity index (χ2n) is 6.88. The van der Waals surface area contributed by atoms with Crippen LogP contribution in [0.15, 0.2) is 12.2 Å². The fourth-order valence-corrected chi connectivity index (χ4v) is 3.12. The molecule has 0 saturated heterocycles. The lowest BCUT2D eigenvalue weighted by molar-refractivity contribution is -0.134. The number of amides is 1. The Hall–Kier alpha value is -0.790. The average Bonchev–Trinajstić information content (AvgIpc) is 2.66. The topological polar surface area (TPSA) is 20.3 Å². The first-order valence-corrected chi connectivity index (χ1v) is 8.38. The van der Waals surface area contributed by atoms with Gasteiger partial charge in [-0.15, -0.1) is 0 Å². The molecule has 20 heavy (non-hydrogen) atoms. The lowest BCUT2D eigenvalue weighted by Gasteiger charge is -2.22. The standard InChI is InChI=1S/C18H33NO/c1-15(2)17(18(20)19(3)4)14-10-9-13-16-11-7-5-6-8-12-16/h9-10,15-17H,5-8,11-14H2,1-4H3/b10-9+. The van der Waals surface area contributed by atoms with E-state index in [1.165, 1.54) is 44.9 Å². The fraction of sp³-hybridized carbons (Fsp3) is 0.833. The highest BCUT2D eigenvalue weighted by Gasteiger charge is 2.22. The molecular weight excluding hydrogens is 246 g/mol. The molecule has 1 amide bonds. The Balaban J connectivity index is 2.38. The average molecular weight is 279 g/mol. The van der Waals surface area contributed by atoms with Crippen LogP contribution in [-0.4, -0.2) is 24.9 Å². The van der Waals surface area contributed by atoms with Crippen LogP contribution < -0.4 is 0 Å². The van der Waals surface area contributed by atoms with E-state index in [-0.39, 0.29) is 11.8 Å². The van der Waals surface area contributed by atoms with Crippen molar-refractivity contribution in [2.75, 3.05) is 14.1 Å². The second kappa shape index (κ2) is 9.20. The summed E-state index contributed by atoms with van der Waals surface area (Å²) in [6.07, 6.45) is 15.1. The minimum absolute atomic E-state index is 0.135. The first-order valence-electron chi connectivity index (χ1n) is 8.38. The zero-order valence-corrected chi connectivity index (χ0v) is 13.9. The SMILES string of the molecule is CC(C)C(C/C=C/CC1CCCCCC1)C(=O)N(C)C. The van der Waals surface area contributed by atoms with Crippen molar-refractivity contribution in [3.63, 3.8) is 0 Å². The number of allylic oxidation sites excluding steroid dienone is 2. The van der Waals surface area contributed by atoms with Crippen LogP contribution >= 0.6 is 0 Å². The molecule has 1 saturated carbocycles. The van der Waals surface area contributed by atoms with Crippen LogP contribution in [0.1, 0.15) is 65.2 Å². The van der Waals surface area contributed by atoms with E-state index in [4.69, 9.17) is 0 Å². The highest BCUT2D eigenvalue weighted by atomic mass is 16.2. The third-order valence-electron chi connectivity index (χ3n) is 4.56. The summed E-state index contributed by atoms with van der Waals surface area (Å²) < 4.78 is 0. The number of carbonyl (C=O) groups excluding carboxylic acids is 1.